The van der Waals surface area contributed by atoms with Crippen LogP contribution in [0.3, 0.4) is 0 Å². The van der Waals surface area contributed by atoms with Gasteiger partial charge in [0.1, 0.15) is 11.0 Å². The summed E-state index contributed by atoms with van der Waals surface area (Å²) in [7, 11) is 0. The molecule has 2 fully saturated rings. The van der Waals surface area contributed by atoms with Gasteiger partial charge in [-0.1, -0.05) is 48.4 Å². The third-order valence-electron chi connectivity index (χ3n) is 5.22. The molecule has 2 bridgehead atoms. The SMILES string of the molecule is Cc1c(Cl)nc(C2CC3CCC2C3)nc1-c1ccccc1. The average molecular weight is 299 g/mol. The summed E-state index contributed by atoms with van der Waals surface area (Å²) in [5.41, 5.74) is 3.10. The van der Waals surface area contributed by atoms with E-state index in [0.717, 1.165) is 34.5 Å². The van der Waals surface area contributed by atoms with Gasteiger partial charge in [-0.2, -0.15) is 0 Å². The number of benzene rings is 1. The molecule has 0 saturated heterocycles. The van der Waals surface area contributed by atoms with Crippen LogP contribution in [0.15, 0.2) is 30.3 Å². The molecule has 108 valence electrons. The maximum atomic E-state index is 6.40. The van der Waals surface area contributed by atoms with E-state index in [1.54, 1.807) is 0 Å². The molecule has 0 amide bonds. The van der Waals surface area contributed by atoms with Crippen molar-refractivity contribution in [2.45, 2.75) is 38.5 Å². The van der Waals surface area contributed by atoms with Crippen LogP contribution in [0.5, 0.6) is 0 Å². The summed E-state index contributed by atoms with van der Waals surface area (Å²) >= 11 is 6.40. The fraction of sp³-hybridized carbons (Fsp3) is 0.444. The van der Waals surface area contributed by atoms with Gasteiger partial charge in [-0.15, -0.1) is 0 Å². The Morgan fingerprint density at radius 2 is 1.86 bits per heavy atom. The number of hydrogen-bond donors (Lipinski definition) is 0. The third-order valence-corrected chi connectivity index (χ3v) is 5.59. The first-order valence-electron chi connectivity index (χ1n) is 7.82. The van der Waals surface area contributed by atoms with E-state index in [2.05, 4.69) is 17.1 Å². The van der Waals surface area contributed by atoms with Gasteiger partial charge in [-0.25, -0.2) is 9.97 Å². The van der Waals surface area contributed by atoms with Crippen LogP contribution in [-0.4, -0.2) is 9.97 Å². The van der Waals surface area contributed by atoms with Gasteiger partial charge in [0, 0.05) is 17.0 Å². The first kappa shape index (κ1) is 13.3. The molecule has 2 saturated carbocycles. The number of rotatable bonds is 2. The molecule has 0 radical (unpaired) electrons. The topological polar surface area (TPSA) is 25.8 Å². The van der Waals surface area contributed by atoms with Crippen molar-refractivity contribution in [1.29, 1.82) is 0 Å². The highest BCUT2D eigenvalue weighted by Gasteiger charge is 2.41. The van der Waals surface area contributed by atoms with Crippen LogP contribution in [0, 0.1) is 18.8 Å². The van der Waals surface area contributed by atoms with Crippen molar-refractivity contribution >= 4 is 11.6 Å². The number of halogens is 1. The molecule has 0 N–H and O–H groups in total. The molecular formula is C18H19ClN2. The van der Waals surface area contributed by atoms with E-state index in [1.165, 1.54) is 25.7 Å². The predicted octanol–water partition coefficient (Wildman–Crippen LogP) is 5.01. The summed E-state index contributed by atoms with van der Waals surface area (Å²) in [6.07, 6.45) is 5.34. The van der Waals surface area contributed by atoms with E-state index in [9.17, 15) is 0 Å². The van der Waals surface area contributed by atoms with E-state index in [1.807, 2.05) is 25.1 Å². The van der Waals surface area contributed by atoms with Crippen LogP contribution in [0.2, 0.25) is 5.15 Å². The second kappa shape index (κ2) is 5.10. The maximum Gasteiger partial charge on any atom is 0.136 e. The molecule has 0 aliphatic heterocycles. The lowest BCUT2D eigenvalue weighted by atomic mass is 9.88. The Bertz CT molecular complexity index is 668. The fourth-order valence-corrected chi connectivity index (χ4v) is 4.29. The van der Waals surface area contributed by atoms with Crippen LogP contribution in [0.25, 0.3) is 11.3 Å². The van der Waals surface area contributed by atoms with Crippen molar-refractivity contribution in [2.24, 2.45) is 11.8 Å². The van der Waals surface area contributed by atoms with Crippen molar-refractivity contribution in [3.63, 3.8) is 0 Å². The molecule has 2 nitrogen and oxygen atoms in total. The molecule has 1 aromatic heterocycles. The van der Waals surface area contributed by atoms with Crippen molar-refractivity contribution in [3.8, 4) is 11.3 Å². The van der Waals surface area contributed by atoms with Gasteiger partial charge in [0.15, 0.2) is 0 Å². The van der Waals surface area contributed by atoms with Crippen LogP contribution in [0.4, 0.5) is 0 Å². The van der Waals surface area contributed by atoms with E-state index < -0.39 is 0 Å². The van der Waals surface area contributed by atoms with E-state index >= 15 is 0 Å². The summed E-state index contributed by atoms with van der Waals surface area (Å²) < 4.78 is 0. The molecule has 2 aromatic rings. The fourth-order valence-electron chi connectivity index (χ4n) is 4.11. The van der Waals surface area contributed by atoms with Gasteiger partial charge in [-0.3, -0.25) is 0 Å². The molecule has 1 aromatic carbocycles. The normalized spacial score (nSPS) is 27.2. The quantitative estimate of drug-likeness (QED) is 0.728. The second-order valence-electron chi connectivity index (χ2n) is 6.49. The zero-order chi connectivity index (χ0) is 14.4. The summed E-state index contributed by atoms with van der Waals surface area (Å²) in [6.45, 7) is 2.01. The summed E-state index contributed by atoms with van der Waals surface area (Å²) in [6, 6.07) is 10.3. The van der Waals surface area contributed by atoms with Crippen LogP contribution in [-0.2, 0) is 0 Å². The maximum absolute atomic E-state index is 6.40. The van der Waals surface area contributed by atoms with Gasteiger partial charge < -0.3 is 0 Å². The Balaban J connectivity index is 1.78. The van der Waals surface area contributed by atoms with Crippen LogP contribution in [0.1, 0.15) is 43.0 Å². The molecule has 4 rings (SSSR count). The first-order chi connectivity index (χ1) is 10.2. The molecule has 1 heterocycles. The minimum atomic E-state index is 0.518. The zero-order valence-electron chi connectivity index (χ0n) is 12.2. The molecule has 2 aliphatic carbocycles. The highest BCUT2D eigenvalue weighted by molar-refractivity contribution is 6.30. The highest BCUT2D eigenvalue weighted by Crippen LogP contribution is 2.52. The minimum absolute atomic E-state index is 0.518. The molecule has 2 aliphatic rings. The Morgan fingerprint density at radius 1 is 1.05 bits per heavy atom. The van der Waals surface area contributed by atoms with E-state index in [0.29, 0.717) is 11.1 Å². The summed E-state index contributed by atoms with van der Waals surface area (Å²) in [4.78, 5) is 9.52. The van der Waals surface area contributed by atoms with Crippen molar-refractivity contribution in [2.75, 3.05) is 0 Å². The minimum Gasteiger partial charge on any atom is -0.232 e. The number of fused-ring (bicyclic) bond motifs is 2. The van der Waals surface area contributed by atoms with Gasteiger partial charge in [0.2, 0.25) is 0 Å². The van der Waals surface area contributed by atoms with Crippen molar-refractivity contribution in [3.05, 3.63) is 46.9 Å². The standard InChI is InChI=1S/C18H19ClN2/c1-11-16(13-5-3-2-4-6-13)20-18(21-17(11)19)15-10-12-7-8-14(15)9-12/h2-6,12,14-15H,7-10H2,1H3. The summed E-state index contributed by atoms with van der Waals surface area (Å²) in [5, 5.41) is 0.613. The van der Waals surface area contributed by atoms with E-state index in [-0.39, 0.29) is 0 Å². The molecule has 3 atom stereocenters. The third kappa shape index (κ3) is 2.26. The summed E-state index contributed by atoms with van der Waals surface area (Å²) in [5.74, 6) is 3.15. The molecule has 0 spiro atoms. The average Bonchev–Trinajstić information content (AvgIpc) is 3.13. The largest absolute Gasteiger partial charge is 0.232 e. The Labute approximate surface area is 130 Å². The smallest absolute Gasteiger partial charge is 0.136 e. The monoisotopic (exact) mass is 298 g/mol. The molecular weight excluding hydrogens is 280 g/mol. The predicted molar refractivity (Wildman–Crippen MR) is 85.4 cm³/mol. The Morgan fingerprint density at radius 3 is 2.52 bits per heavy atom. The number of hydrogen-bond acceptors (Lipinski definition) is 2. The molecule has 3 unspecified atom stereocenters. The van der Waals surface area contributed by atoms with Gasteiger partial charge in [0.05, 0.1) is 5.69 Å². The van der Waals surface area contributed by atoms with E-state index in [4.69, 9.17) is 16.6 Å². The highest BCUT2D eigenvalue weighted by atomic mass is 35.5. The van der Waals surface area contributed by atoms with Gasteiger partial charge in [0.25, 0.3) is 0 Å². The lowest BCUT2D eigenvalue weighted by Gasteiger charge is -2.21. The number of nitrogens with zero attached hydrogens (tertiary/aromatic N) is 2. The molecule has 3 heteroatoms. The number of aromatic nitrogens is 2. The van der Waals surface area contributed by atoms with Gasteiger partial charge in [-0.05, 0) is 38.0 Å². The second-order valence-corrected chi connectivity index (χ2v) is 6.85. The van der Waals surface area contributed by atoms with Gasteiger partial charge >= 0.3 is 0 Å². The first-order valence-corrected chi connectivity index (χ1v) is 8.19. The van der Waals surface area contributed by atoms with Crippen LogP contribution < -0.4 is 0 Å². The lowest BCUT2D eigenvalue weighted by molar-refractivity contribution is 0.405. The van der Waals surface area contributed by atoms with Crippen molar-refractivity contribution < 1.29 is 0 Å². The van der Waals surface area contributed by atoms with Crippen molar-refractivity contribution in [1.82, 2.24) is 9.97 Å². The lowest BCUT2D eigenvalue weighted by Crippen LogP contribution is -2.13. The van der Waals surface area contributed by atoms with Crippen LogP contribution >= 0.6 is 11.6 Å². The molecule has 21 heavy (non-hydrogen) atoms. The zero-order valence-corrected chi connectivity index (χ0v) is 13.0. The Kier molecular flexibility index (Phi) is 3.22. The Hall–Kier alpha value is -1.41.